The van der Waals surface area contributed by atoms with E-state index in [1.807, 2.05) is 24.3 Å². The number of rotatable bonds is 10. The molecule has 5 nitrogen and oxygen atoms in total. The van der Waals surface area contributed by atoms with E-state index in [0.717, 1.165) is 11.3 Å². The van der Waals surface area contributed by atoms with Crippen molar-refractivity contribution in [2.24, 2.45) is 0 Å². The second-order valence-electron chi connectivity index (χ2n) is 9.07. The molecule has 0 unspecified atom stereocenters. The van der Waals surface area contributed by atoms with Gasteiger partial charge in [0.15, 0.2) is 8.32 Å². The van der Waals surface area contributed by atoms with E-state index in [2.05, 4.69) is 46.0 Å². The topological polar surface area (TPSA) is 52.8 Å². The molecular weight excluding hydrogens is 372 g/mol. The predicted molar refractivity (Wildman–Crippen MR) is 112 cm³/mol. The minimum Gasteiger partial charge on any atom is -0.497 e. The predicted octanol–water partition coefficient (Wildman–Crippen LogP) is 4.32. The van der Waals surface area contributed by atoms with Gasteiger partial charge in [-0.15, -0.1) is 0 Å². The van der Waals surface area contributed by atoms with Crippen molar-refractivity contribution in [3.63, 3.8) is 0 Å². The van der Waals surface area contributed by atoms with Gasteiger partial charge < -0.3 is 23.4 Å². The molecular formula is C22H34O5Si. The summed E-state index contributed by atoms with van der Waals surface area (Å²) in [6, 6.07) is 7.92. The van der Waals surface area contributed by atoms with Crippen LogP contribution >= 0.6 is 0 Å². The third-order valence-corrected chi connectivity index (χ3v) is 10.4. The summed E-state index contributed by atoms with van der Waals surface area (Å²) in [7, 11) is -0.0161. The quantitative estimate of drug-likeness (QED) is 0.329. The number of epoxide rings is 2. The van der Waals surface area contributed by atoms with Crippen LogP contribution < -0.4 is 4.74 Å². The van der Waals surface area contributed by atoms with Crippen molar-refractivity contribution in [1.29, 1.82) is 0 Å². The minimum absolute atomic E-state index is 0.144. The van der Waals surface area contributed by atoms with Crippen molar-refractivity contribution in [3.05, 3.63) is 42.0 Å². The fourth-order valence-electron chi connectivity index (χ4n) is 2.81. The third-order valence-electron chi connectivity index (χ3n) is 5.89. The summed E-state index contributed by atoms with van der Waals surface area (Å²) in [5.41, 5.74) is 1.13. The lowest BCUT2D eigenvalue weighted by molar-refractivity contribution is 0.104. The molecule has 0 aliphatic carbocycles. The summed E-state index contributed by atoms with van der Waals surface area (Å²) in [4.78, 5) is 0. The highest BCUT2D eigenvalue weighted by molar-refractivity contribution is 6.74. The normalized spacial score (nSPS) is 27.2. The lowest BCUT2D eigenvalue weighted by atomic mass is 10.2. The molecule has 0 bridgehead atoms. The fraction of sp³-hybridized carbons (Fsp3) is 0.636. The van der Waals surface area contributed by atoms with Gasteiger partial charge in [-0.05, 0) is 35.8 Å². The van der Waals surface area contributed by atoms with Gasteiger partial charge in [0.1, 0.15) is 30.2 Å². The van der Waals surface area contributed by atoms with Gasteiger partial charge in [0.05, 0.1) is 26.9 Å². The zero-order chi connectivity index (χ0) is 20.4. The van der Waals surface area contributed by atoms with E-state index in [1.165, 1.54) is 0 Å². The van der Waals surface area contributed by atoms with Crippen LogP contribution in [0, 0.1) is 0 Å². The van der Waals surface area contributed by atoms with Gasteiger partial charge in [0.2, 0.25) is 0 Å². The molecule has 0 N–H and O–H groups in total. The Hall–Kier alpha value is -1.18. The second-order valence-corrected chi connectivity index (χ2v) is 13.9. The molecule has 2 heterocycles. The van der Waals surface area contributed by atoms with Crippen molar-refractivity contribution in [2.75, 3.05) is 20.3 Å². The molecule has 2 fully saturated rings. The van der Waals surface area contributed by atoms with E-state index >= 15 is 0 Å². The van der Waals surface area contributed by atoms with Crippen LogP contribution in [0.2, 0.25) is 18.1 Å². The molecule has 0 spiro atoms. The Labute approximate surface area is 170 Å². The maximum atomic E-state index is 6.15. The maximum absolute atomic E-state index is 6.15. The Kier molecular flexibility index (Phi) is 6.67. The molecule has 2 aliphatic rings. The van der Waals surface area contributed by atoms with E-state index in [1.54, 1.807) is 7.11 Å². The van der Waals surface area contributed by atoms with Gasteiger partial charge in [-0.2, -0.15) is 0 Å². The van der Waals surface area contributed by atoms with E-state index in [9.17, 15) is 0 Å². The van der Waals surface area contributed by atoms with Crippen molar-refractivity contribution >= 4 is 8.32 Å². The molecule has 0 aromatic heterocycles. The number of hydrogen-bond acceptors (Lipinski definition) is 5. The molecule has 0 radical (unpaired) electrons. The molecule has 0 amide bonds. The average molecular weight is 407 g/mol. The van der Waals surface area contributed by atoms with E-state index in [0.29, 0.717) is 19.8 Å². The van der Waals surface area contributed by atoms with Crippen molar-refractivity contribution in [2.45, 2.75) is 69.9 Å². The number of methoxy groups -OCH3 is 1. The van der Waals surface area contributed by atoms with Crippen LogP contribution in [-0.2, 0) is 25.2 Å². The zero-order valence-electron chi connectivity index (χ0n) is 17.9. The molecule has 156 valence electrons. The Morgan fingerprint density at radius 2 is 1.79 bits per heavy atom. The van der Waals surface area contributed by atoms with Crippen LogP contribution in [0.1, 0.15) is 26.3 Å². The molecule has 2 aliphatic heterocycles. The van der Waals surface area contributed by atoms with Crippen molar-refractivity contribution in [1.82, 2.24) is 0 Å². The van der Waals surface area contributed by atoms with Crippen LogP contribution in [0.5, 0.6) is 5.75 Å². The number of ether oxygens (including phenoxy) is 4. The lowest BCUT2D eigenvalue weighted by Crippen LogP contribution is -2.40. The highest BCUT2D eigenvalue weighted by Crippen LogP contribution is 2.40. The van der Waals surface area contributed by atoms with Crippen molar-refractivity contribution in [3.8, 4) is 5.75 Å². The first-order valence-electron chi connectivity index (χ1n) is 10.0. The molecule has 1 aromatic carbocycles. The fourth-order valence-corrected chi connectivity index (χ4v) is 3.76. The Bertz CT molecular complexity index is 664. The van der Waals surface area contributed by atoms with Gasteiger partial charge in [-0.3, -0.25) is 0 Å². The summed E-state index contributed by atoms with van der Waals surface area (Å²) in [5, 5.41) is 0.236. The van der Waals surface area contributed by atoms with Gasteiger partial charge in [0.25, 0.3) is 0 Å². The van der Waals surface area contributed by atoms with E-state index in [4.69, 9.17) is 23.4 Å². The van der Waals surface area contributed by atoms with Crippen LogP contribution in [0.3, 0.4) is 0 Å². The van der Waals surface area contributed by atoms with Gasteiger partial charge in [-0.1, -0.05) is 45.1 Å². The van der Waals surface area contributed by atoms with Crippen LogP contribution in [0.15, 0.2) is 36.4 Å². The summed E-state index contributed by atoms with van der Waals surface area (Å²) >= 11 is 0. The highest BCUT2D eigenvalue weighted by Gasteiger charge is 2.56. The summed E-state index contributed by atoms with van der Waals surface area (Å²) in [5.74, 6) is 0.856. The first kappa shape index (κ1) is 21.5. The van der Waals surface area contributed by atoms with Gasteiger partial charge in [0, 0.05) is 0 Å². The largest absolute Gasteiger partial charge is 0.497 e. The summed E-state index contributed by atoms with van der Waals surface area (Å²) in [6.07, 6.45) is 4.81. The third kappa shape index (κ3) is 5.67. The van der Waals surface area contributed by atoms with Crippen LogP contribution in [0.4, 0.5) is 0 Å². The zero-order valence-corrected chi connectivity index (χ0v) is 18.9. The Balaban J connectivity index is 1.29. The first-order chi connectivity index (χ1) is 13.2. The Morgan fingerprint density at radius 3 is 2.43 bits per heavy atom. The van der Waals surface area contributed by atoms with Gasteiger partial charge >= 0.3 is 0 Å². The molecule has 6 heteroatoms. The second kappa shape index (κ2) is 8.67. The standard InChI is InChI=1S/C22H34O5Si/c1-22(2,3)28(5,6)25-13-7-8-18-20(26-18)21-19(27-21)15-24-14-16-9-11-17(23-4)12-10-16/h7-12,18-21H,13-15H2,1-6H3/b8-7+/t18-,19-,20+,21+/m0/s1. The van der Waals surface area contributed by atoms with E-state index in [-0.39, 0.29) is 29.5 Å². The number of hydrogen-bond donors (Lipinski definition) is 0. The summed E-state index contributed by atoms with van der Waals surface area (Å²) in [6.45, 7) is 13.1. The first-order valence-corrected chi connectivity index (χ1v) is 12.9. The molecule has 2 saturated heterocycles. The van der Waals surface area contributed by atoms with Crippen LogP contribution in [-0.4, -0.2) is 53.1 Å². The average Bonchev–Trinajstić information content (AvgIpc) is 3.53. The van der Waals surface area contributed by atoms with Gasteiger partial charge in [-0.25, -0.2) is 0 Å². The monoisotopic (exact) mass is 406 g/mol. The molecule has 1 aromatic rings. The number of benzene rings is 1. The molecule has 0 saturated carbocycles. The molecule has 3 rings (SSSR count). The molecule has 28 heavy (non-hydrogen) atoms. The smallest absolute Gasteiger partial charge is 0.192 e. The lowest BCUT2D eigenvalue weighted by Gasteiger charge is -2.35. The highest BCUT2D eigenvalue weighted by atomic mass is 28.4. The minimum atomic E-state index is -1.68. The summed E-state index contributed by atoms with van der Waals surface area (Å²) < 4.78 is 28.5. The Morgan fingerprint density at radius 1 is 1.07 bits per heavy atom. The van der Waals surface area contributed by atoms with Crippen molar-refractivity contribution < 1.29 is 23.4 Å². The SMILES string of the molecule is COc1ccc(COC[C@@H]2O[C@H]2[C@@H]2O[C@H]2/C=C/CO[Si](C)(C)C(C)(C)C)cc1. The molecule has 4 atom stereocenters. The van der Waals surface area contributed by atoms with E-state index < -0.39 is 8.32 Å². The maximum Gasteiger partial charge on any atom is 0.192 e. The van der Waals surface area contributed by atoms with Crippen LogP contribution in [0.25, 0.3) is 0 Å².